The van der Waals surface area contributed by atoms with Crippen molar-refractivity contribution in [2.45, 2.75) is 13.1 Å². The van der Waals surface area contributed by atoms with Crippen LogP contribution in [0.5, 0.6) is 5.75 Å². The molecule has 0 amide bonds. The molecule has 1 unspecified atom stereocenters. The summed E-state index contributed by atoms with van der Waals surface area (Å²) < 4.78 is 42.7. The number of nitrogens with one attached hydrogen (secondary N) is 1. The maximum absolute atomic E-state index is 12.5. The molecule has 0 saturated heterocycles. The van der Waals surface area contributed by atoms with Crippen LogP contribution in [0.4, 0.5) is 18.9 Å². The van der Waals surface area contributed by atoms with Gasteiger partial charge in [-0.3, -0.25) is 0 Å². The van der Waals surface area contributed by atoms with E-state index in [1.807, 2.05) is 6.92 Å². The van der Waals surface area contributed by atoms with Crippen LogP contribution in [0, 0.1) is 5.92 Å². The fourth-order valence-corrected chi connectivity index (χ4v) is 1.54. The second-order valence-corrected chi connectivity index (χ2v) is 4.01. The fraction of sp³-hybridized carbons (Fsp3) is 0.455. The van der Waals surface area contributed by atoms with Crippen molar-refractivity contribution in [3.8, 4) is 5.75 Å². The van der Waals surface area contributed by atoms with Crippen LogP contribution in [-0.4, -0.2) is 13.2 Å². The zero-order valence-electron chi connectivity index (χ0n) is 8.77. The van der Waals surface area contributed by atoms with Gasteiger partial charge < -0.3 is 10.1 Å². The van der Waals surface area contributed by atoms with E-state index in [4.69, 9.17) is 4.74 Å². The van der Waals surface area contributed by atoms with Gasteiger partial charge in [0, 0.05) is 12.5 Å². The van der Waals surface area contributed by atoms with Gasteiger partial charge in [0.1, 0.15) is 5.75 Å². The molecule has 2 nitrogen and oxygen atoms in total. The van der Waals surface area contributed by atoms with Crippen molar-refractivity contribution >= 4 is 5.69 Å². The first kappa shape index (κ1) is 11.1. The predicted molar refractivity (Wildman–Crippen MR) is 54.6 cm³/mol. The van der Waals surface area contributed by atoms with Gasteiger partial charge in [0.15, 0.2) is 0 Å². The minimum atomic E-state index is -4.32. The molecule has 16 heavy (non-hydrogen) atoms. The van der Waals surface area contributed by atoms with Crippen LogP contribution in [0.3, 0.4) is 0 Å². The number of fused-ring (bicyclic) bond motifs is 1. The first-order valence-corrected chi connectivity index (χ1v) is 5.05. The van der Waals surface area contributed by atoms with Crippen molar-refractivity contribution in [1.82, 2.24) is 0 Å². The Labute approximate surface area is 91.4 Å². The van der Waals surface area contributed by atoms with Crippen LogP contribution in [0.25, 0.3) is 0 Å². The molecular formula is C11H12F3NO. The summed E-state index contributed by atoms with van der Waals surface area (Å²) in [6, 6.07) is 3.52. The summed E-state index contributed by atoms with van der Waals surface area (Å²) in [7, 11) is 0. The number of anilines is 1. The van der Waals surface area contributed by atoms with Crippen molar-refractivity contribution in [1.29, 1.82) is 0 Å². The summed E-state index contributed by atoms with van der Waals surface area (Å²) in [6.45, 7) is 3.11. The number of ether oxygens (including phenoxy) is 1. The monoisotopic (exact) mass is 231 g/mol. The molecule has 0 radical (unpaired) electrons. The van der Waals surface area contributed by atoms with E-state index in [-0.39, 0.29) is 11.7 Å². The second-order valence-electron chi connectivity index (χ2n) is 4.01. The predicted octanol–water partition coefficient (Wildman–Crippen LogP) is 3.15. The van der Waals surface area contributed by atoms with Crippen molar-refractivity contribution in [2.75, 3.05) is 18.5 Å². The Bertz CT molecular complexity index is 389. The lowest BCUT2D eigenvalue weighted by Gasteiger charge is -2.11. The van der Waals surface area contributed by atoms with Gasteiger partial charge in [0.25, 0.3) is 0 Å². The average Bonchev–Trinajstić information content (AvgIpc) is 2.39. The Morgan fingerprint density at radius 3 is 2.81 bits per heavy atom. The van der Waals surface area contributed by atoms with Crippen molar-refractivity contribution in [2.24, 2.45) is 5.92 Å². The number of halogens is 3. The SMILES string of the molecule is CC1CNc2ccc(C(F)(F)F)cc2OC1. The topological polar surface area (TPSA) is 21.3 Å². The van der Waals surface area contributed by atoms with E-state index in [1.165, 1.54) is 6.07 Å². The molecule has 0 fully saturated rings. The molecule has 1 N–H and O–H groups in total. The van der Waals surface area contributed by atoms with Crippen LogP contribution in [0.15, 0.2) is 18.2 Å². The van der Waals surface area contributed by atoms with E-state index in [2.05, 4.69) is 5.32 Å². The minimum Gasteiger partial charge on any atom is -0.491 e. The summed E-state index contributed by atoms with van der Waals surface area (Å²) in [5, 5.41) is 3.06. The number of benzene rings is 1. The number of hydrogen-bond acceptors (Lipinski definition) is 2. The summed E-state index contributed by atoms with van der Waals surface area (Å²) >= 11 is 0. The Balaban J connectivity index is 2.32. The summed E-state index contributed by atoms with van der Waals surface area (Å²) in [5.41, 5.74) is -0.0556. The van der Waals surface area contributed by atoms with Crippen LogP contribution in [0.1, 0.15) is 12.5 Å². The highest BCUT2D eigenvalue weighted by atomic mass is 19.4. The Kier molecular flexibility index (Phi) is 2.69. The van der Waals surface area contributed by atoms with Crippen molar-refractivity contribution in [3.63, 3.8) is 0 Å². The van der Waals surface area contributed by atoms with Gasteiger partial charge in [-0.05, 0) is 18.2 Å². The zero-order chi connectivity index (χ0) is 11.8. The zero-order valence-corrected chi connectivity index (χ0v) is 8.77. The van der Waals surface area contributed by atoms with E-state index in [0.29, 0.717) is 18.8 Å². The summed E-state index contributed by atoms with van der Waals surface area (Å²) in [4.78, 5) is 0. The molecule has 0 spiro atoms. The first-order chi connectivity index (χ1) is 7.47. The van der Waals surface area contributed by atoms with E-state index in [1.54, 1.807) is 0 Å². The standard InChI is InChI=1S/C11H12F3NO/c1-7-5-15-9-3-2-8(11(12,13)14)4-10(9)16-6-7/h2-4,7,15H,5-6H2,1H3. The van der Waals surface area contributed by atoms with Gasteiger partial charge in [-0.1, -0.05) is 6.92 Å². The molecule has 5 heteroatoms. The molecule has 1 aliphatic rings. The average molecular weight is 231 g/mol. The molecule has 0 aromatic heterocycles. The maximum atomic E-state index is 12.5. The molecule has 0 saturated carbocycles. The van der Waals surface area contributed by atoms with Crippen molar-refractivity contribution in [3.05, 3.63) is 23.8 Å². The lowest BCUT2D eigenvalue weighted by atomic mass is 10.2. The van der Waals surface area contributed by atoms with E-state index in [0.717, 1.165) is 12.1 Å². The smallest absolute Gasteiger partial charge is 0.416 e. The summed E-state index contributed by atoms with van der Waals surface area (Å²) in [6.07, 6.45) is -4.32. The largest absolute Gasteiger partial charge is 0.491 e. The Morgan fingerprint density at radius 1 is 1.38 bits per heavy atom. The van der Waals surface area contributed by atoms with Gasteiger partial charge in [0.2, 0.25) is 0 Å². The molecular weight excluding hydrogens is 219 g/mol. The van der Waals surface area contributed by atoms with Crippen molar-refractivity contribution < 1.29 is 17.9 Å². The maximum Gasteiger partial charge on any atom is 0.416 e. The summed E-state index contributed by atoms with van der Waals surface area (Å²) in [5.74, 6) is 0.556. The molecule has 1 aromatic rings. The van der Waals surface area contributed by atoms with Gasteiger partial charge in [0.05, 0.1) is 17.9 Å². The molecule has 1 atom stereocenters. The van der Waals surface area contributed by atoms with E-state index < -0.39 is 11.7 Å². The molecule has 1 aliphatic heterocycles. The van der Waals surface area contributed by atoms with Gasteiger partial charge in [-0.25, -0.2) is 0 Å². The van der Waals surface area contributed by atoms with Crippen LogP contribution >= 0.6 is 0 Å². The molecule has 88 valence electrons. The Hall–Kier alpha value is -1.39. The lowest BCUT2D eigenvalue weighted by molar-refractivity contribution is -0.137. The number of rotatable bonds is 0. The first-order valence-electron chi connectivity index (χ1n) is 5.05. The van der Waals surface area contributed by atoms with Gasteiger partial charge >= 0.3 is 6.18 Å². The van der Waals surface area contributed by atoms with E-state index >= 15 is 0 Å². The van der Waals surface area contributed by atoms with Crippen LogP contribution in [0.2, 0.25) is 0 Å². The van der Waals surface area contributed by atoms with Gasteiger partial charge in [-0.2, -0.15) is 13.2 Å². The minimum absolute atomic E-state index is 0.277. The van der Waals surface area contributed by atoms with E-state index in [9.17, 15) is 13.2 Å². The molecule has 1 aromatic carbocycles. The normalized spacial score (nSPS) is 20.4. The van der Waals surface area contributed by atoms with Gasteiger partial charge in [-0.15, -0.1) is 0 Å². The second kappa shape index (κ2) is 3.88. The number of hydrogen-bond donors (Lipinski definition) is 1. The molecule has 2 rings (SSSR count). The highest BCUT2D eigenvalue weighted by molar-refractivity contribution is 5.58. The lowest BCUT2D eigenvalue weighted by Crippen LogP contribution is -2.13. The highest BCUT2D eigenvalue weighted by Gasteiger charge is 2.31. The highest BCUT2D eigenvalue weighted by Crippen LogP contribution is 2.36. The Morgan fingerprint density at radius 2 is 2.12 bits per heavy atom. The van der Waals surface area contributed by atoms with Crippen LogP contribution < -0.4 is 10.1 Å². The molecule has 0 aliphatic carbocycles. The third-order valence-electron chi connectivity index (χ3n) is 2.47. The number of alkyl halides is 3. The van der Waals surface area contributed by atoms with Crippen LogP contribution in [-0.2, 0) is 6.18 Å². The third-order valence-corrected chi connectivity index (χ3v) is 2.47. The quantitative estimate of drug-likeness (QED) is 0.740. The molecule has 1 heterocycles. The molecule has 0 bridgehead atoms. The fourth-order valence-electron chi connectivity index (χ4n) is 1.54. The third kappa shape index (κ3) is 2.23.